The number of nitrogens with two attached hydrogens (primary N) is 2. The second-order valence-corrected chi connectivity index (χ2v) is 8.79. The molecule has 0 saturated heterocycles. The van der Waals surface area contributed by atoms with Crippen molar-refractivity contribution in [2.75, 3.05) is 22.1 Å². The van der Waals surface area contributed by atoms with Crippen molar-refractivity contribution in [1.82, 2.24) is 9.97 Å². The summed E-state index contributed by atoms with van der Waals surface area (Å²) in [5.74, 6) is -0.717. The molecule has 2 atom stereocenters. The Bertz CT molecular complexity index is 1300. The Hall–Kier alpha value is -4.25. The van der Waals surface area contributed by atoms with Gasteiger partial charge in [-0.1, -0.05) is 25.0 Å². The molecule has 2 aliphatic rings. The number of primary amides is 1. The van der Waals surface area contributed by atoms with E-state index in [1.165, 1.54) is 11.1 Å². The summed E-state index contributed by atoms with van der Waals surface area (Å²) in [6, 6.07) is 11.3. The van der Waals surface area contributed by atoms with Gasteiger partial charge >= 0.3 is 0 Å². The van der Waals surface area contributed by atoms with Gasteiger partial charge in [0.1, 0.15) is 17.4 Å². The maximum Gasteiger partial charge on any atom is 0.270 e. The van der Waals surface area contributed by atoms with E-state index in [2.05, 4.69) is 20.6 Å². The molecule has 6 N–H and O–H groups in total. The van der Waals surface area contributed by atoms with Gasteiger partial charge in [-0.25, -0.2) is 14.4 Å². The molecule has 1 aliphatic carbocycles. The number of hydrogen-bond acceptors (Lipinski definition) is 8. The fraction of sp³-hybridized carbons (Fsp3) is 0.280. The number of fused-ring (bicyclic) bond motifs is 1. The quantitative estimate of drug-likeness (QED) is 0.411. The van der Waals surface area contributed by atoms with Crippen LogP contribution in [-0.4, -0.2) is 40.5 Å². The lowest BCUT2D eigenvalue weighted by Gasteiger charge is -2.30. The zero-order chi connectivity index (χ0) is 25.2. The number of pyridine rings is 2. The van der Waals surface area contributed by atoms with Gasteiger partial charge in [0.05, 0.1) is 23.1 Å². The molecule has 0 bridgehead atoms. The summed E-state index contributed by atoms with van der Waals surface area (Å²) >= 11 is 0. The third-order valence-corrected chi connectivity index (χ3v) is 6.33. The number of nitrogens with one attached hydrogen (secondary N) is 2. The van der Waals surface area contributed by atoms with Crippen molar-refractivity contribution in [3.05, 3.63) is 60.0 Å². The van der Waals surface area contributed by atoms with Crippen molar-refractivity contribution >= 4 is 40.6 Å². The number of para-hydroxylation sites is 2. The Morgan fingerprint density at radius 1 is 1.14 bits per heavy atom. The van der Waals surface area contributed by atoms with Crippen LogP contribution in [0, 0.1) is 5.82 Å². The van der Waals surface area contributed by atoms with Gasteiger partial charge in [0, 0.05) is 12.1 Å². The lowest BCUT2D eigenvalue weighted by molar-refractivity contribution is -0.120. The third kappa shape index (κ3) is 4.65. The summed E-state index contributed by atoms with van der Waals surface area (Å²) in [4.78, 5) is 34.7. The normalized spacial score (nSPS) is 19.3. The van der Waals surface area contributed by atoms with Gasteiger partial charge in [-0.2, -0.15) is 0 Å². The van der Waals surface area contributed by atoms with Crippen LogP contribution in [0.1, 0.15) is 36.0 Å². The van der Waals surface area contributed by atoms with Crippen molar-refractivity contribution in [3.63, 3.8) is 0 Å². The van der Waals surface area contributed by atoms with Gasteiger partial charge in [0.25, 0.3) is 11.8 Å². The highest BCUT2D eigenvalue weighted by molar-refractivity contribution is 6.03. The van der Waals surface area contributed by atoms with Crippen molar-refractivity contribution < 1.29 is 18.7 Å². The number of anilines is 5. The number of hydrogen-bond donors (Lipinski definition) is 4. The number of amides is 2. The largest absolute Gasteiger partial charge is 0.482 e. The molecule has 5 rings (SSSR count). The van der Waals surface area contributed by atoms with E-state index in [1.807, 2.05) is 6.07 Å². The number of aromatic nitrogens is 2. The van der Waals surface area contributed by atoms with Crippen LogP contribution in [-0.2, 0) is 4.79 Å². The van der Waals surface area contributed by atoms with Crippen LogP contribution in [0.15, 0.2) is 48.7 Å². The number of rotatable bonds is 6. The minimum atomic E-state index is -0.829. The predicted octanol–water partition coefficient (Wildman–Crippen LogP) is 3.20. The first-order valence-corrected chi connectivity index (χ1v) is 11.7. The molecule has 2 aromatic heterocycles. The van der Waals surface area contributed by atoms with Gasteiger partial charge in [-0.3, -0.25) is 14.5 Å². The molecule has 1 fully saturated rings. The average molecular weight is 492 g/mol. The molecule has 11 heteroatoms. The number of carbonyl (C=O) groups is 2. The highest BCUT2D eigenvalue weighted by Gasteiger charge is 2.28. The summed E-state index contributed by atoms with van der Waals surface area (Å²) in [5.41, 5.74) is 12.6. The van der Waals surface area contributed by atoms with Crippen molar-refractivity contribution in [2.24, 2.45) is 11.5 Å². The van der Waals surface area contributed by atoms with Gasteiger partial charge in [0.15, 0.2) is 18.2 Å². The van der Waals surface area contributed by atoms with E-state index >= 15 is 0 Å². The molecule has 0 spiro atoms. The minimum Gasteiger partial charge on any atom is -0.482 e. The van der Waals surface area contributed by atoms with Crippen LogP contribution < -0.4 is 31.7 Å². The number of benzene rings is 1. The Labute approximate surface area is 206 Å². The molecule has 3 aromatic rings. The second kappa shape index (κ2) is 9.78. The average Bonchev–Trinajstić information content (AvgIpc) is 2.87. The van der Waals surface area contributed by atoms with E-state index in [-0.39, 0.29) is 41.8 Å². The predicted molar refractivity (Wildman–Crippen MR) is 133 cm³/mol. The van der Waals surface area contributed by atoms with E-state index in [0.717, 1.165) is 31.7 Å². The molecule has 3 heterocycles. The minimum absolute atomic E-state index is 0.00931. The zero-order valence-corrected chi connectivity index (χ0v) is 19.4. The van der Waals surface area contributed by atoms with Crippen molar-refractivity contribution in [1.29, 1.82) is 0 Å². The van der Waals surface area contributed by atoms with E-state index < -0.39 is 11.7 Å². The standard InChI is InChI=1S/C25H26FN7O3/c26-16-11-15(23(28)35)24(32-25(16)31-18-6-2-1-5-17(18)27)30-14-9-10-21(29-12-14)33-19-7-3-4-8-20(19)36-13-22(33)34/h3-4,7-12,17-18H,1-2,5-6,13,27H2,(H2,28,35)(H2,30,31,32)/t17-,18+/m0/s1. The van der Waals surface area contributed by atoms with Crippen LogP contribution in [0.2, 0.25) is 0 Å². The zero-order valence-electron chi connectivity index (χ0n) is 19.4. The first kappa shape index (κ1) is 23.5. The molecule has 10 nitrogen and oxygen atoms in total. The molecule has 0 radical (unpaired) electrons. The fourth-order valence-electron chi connectivity index (χ4n) is 4.47. The molecular weight excluding hydrogens is 465 g/mol. The lowest BCUT2D eigenvalue weighted by atomic mass is 9.91. The Kier molecular flexibility index (Phi) is 6.38. The topological polar surface area (TPSA) is 148 Å². The van der Waals surface area contributed by atoms with Gasteiger partial charge in [0.2, 0.25) is 0 Å². The maximum absolute atomic E-state index is 14.8. The highest BCUT2D eigenvalue weighted by atomic mass is 19.1. The van der Waals surface area contributed by atoms with Crippen molar-refractivity contribution in [2.45, 2.75) is 37.8 Å². The molecule has 1 aliphatic heterocycles. The summed E-state index contributed by atoms with van der Waals surface area (Å²) in [5, 5.41) is 6.07. The van der Waals surface area contributed by atoms with E-state index in [4.69, 9.17) is 16.2 Å². The molecule has 1 saturated carbocycles. The molecule has 0 unspecified atom stereocenters. The van der Waals surface area contributed by atoms with Crippen LogP contribution >= 0.6 is 0 Å². The van der Waals surface area contributed by atoms with Crippen LogP contribution in [0.4, 0.5) is 33.2 Å². The monoisotopic (exact) mass is 491 g/mol. The number of carbonyl (C=O) groups excluding carboxylic acids is 2. The number of ether oxygens (including phenoxy) is 1. The van der Waals surface area contributed by atoms with Crippen LogP contribution in [0.25, 0.3) is 0 Å². The SMILES string of the molecule is NC(=O)c1cc(F)c(N[C@@H]2CCCC[C@@H]2N)nc1Nc1ccc(N2C(=O)COc3ccccc32)nc1. The highest BCUT2D eigenvalue weighted by Crippen LogP contribution is 2.36. The molecule has 1 aromatic carbocycles. The maximum atomic E-state index is 14.8. The van der Waals surface area contributed by atoms with Crippen LogP contribution in [0.5, 0.6) is 5.75 Å². The second-order valence-electron chi connectivity index (χ2n) is 8.79. The van der Waals surface area contributed by atoms with Crippen molar-refractivity contribution in [3.8, 4) is 5.75 Å². The smallest absolute Gasteiger partial charge is 0.270 e. The van der Waals surface area contributed by atoms with Gasteiger partial charge < -0.3 is 26.8 Å². The van der Waals surface area contributed by atoms with E-state index in [9.17, 15) is 14.0 Å². The van der Waals surface area contributed by atoms with E-state index in [0.29, 0.717) is 22.9 Å². The van der Waals surface area contributed by atoms with Gasteiger partial charge in [-0.05, 0) is 43.2 Å². The summed E-state index contributed by atoms with van der Waals surface area (Å²) in [7, 11) is 0. The molecule has 2 amide bonds. The number of halogens is 1. The molecule has 186 valence electrons. The third-order valence-electron chi connectivity index (χ3n) is 6.33. The Morgan fingerprint density at radius 3 is 2.69 bits per heavy atom. The molecular formula is C25H26FN7O3. The first-order chi connectivity index (χ1) is 17.4. The Morgan fingerprint density at radius 2 is 1.94 bits per heavy atom. The summed E-state index contributed by atoms with van der Waals surface area (Å²) in [6.45, 7) is -0.0966. The summed E-state index contributed by atoms with van der Waals surface area (Å²) in [6.07, 6.45) is 5.16. The lowest BCUT2D eigenvalue weighted by Crippen LogP contribution is -2.43. The van der Waals surface area contributed by atoms with Gasteiger partial charge in [-0.15, -0.1) is 0 Å². The number of nitrogens with zero attached hydrogens (tertiary/aromatic N) is 3. The Balaban J connectivity index is 1.41. The first-order valence-electron chi connectivity index (χ1n) is 11.7. The van der Waals surface area contributed by atoms with Crippen LogP contribution in [0.3, 0.4) is 0 Å². The fourth-order valence-corrected chi connectivity index (χ4v) is 4.47. The molecule has 36 heavy (non-hydrogen) atoms. The summed E-state index contributed by atoms with van der Waals surface area (Å²) < 4.78 is 20.2. The van der Waals surface area contributed by atoms with E-state index in [1.54, 1.807) is 30.3 Å².